The largest absolute Gasteiger partial charge is 0.372 e. The van der Waals surface area contributed by atoms with E-state index < -0.39 is 0 Å². The van der Waals surface area contributed by atoms with Crippen LogP contribution in [-0.4, -0.2) is 13.1 Å². The lowest BCUT2D eigenvalue weighted by Crippen LogP contribution is -2.17. The van der Waals surface area contributed by atoms with Gasteiger partial charge >= 0.3 is 0 Å². The van der Waals surface area contributed by atoms with Crippen LogP contribution in [0.15, 0.2) is 30.3 Å². The highest BCUT2D eigenvalue weighted by molar-refractivity contribution is 5.58. The van der Waals surface area contributed by atoms with E-state index in [-0.39, 0.29) is 0 Å². The van der Waals surface area contributed by atoms with E-state index in [1.807, 2.05) is 0 Å². The molecule has 0 aromatic heterocycles. The normalized spacial score (nSPS) is 16.8. The van der Waals surface area contributed by atoms with Gasteiger partial charge < -0.3 is 4.90 Å². The van der Waals surface area contributed by atoms with Gasteiger partial charge in [-0.1, -0.05) is 24.3 Å². The summed E-state index contributed by atoms with van der Waals surface area (Å²) in [6.07, 6.45) is 6.92. The molecule has 0 amide bonds. The van der Waals surface area contributed by atoms with Crippen LogP contribution in [0, 0.1) is 0 Å². The quantitative estimate of drug-likeness (QED) is 0.686. The molecule has 74 valence electrons. The zero-order valence-electron chi connectivity index (χ0n) is 8.74. The summed E-state index contributed by atoms with van der Waals surface area (Å²) in [5.41, 5.74) is 2.68. The molecule has 1 aliphatic heterocycles. The van der Waals surface area contributed by atoms with Crippen molar-refractivity contribution in [2.75, 3.05) is 18.0 Å². The van der Waals surface area contributed by atoms with Crippen LogP contribution in [-0.2, 0) is 0 Å². The van der Waals surface area contributed by atoms with Crippen LogP contribution in [0.2, 0.25) is 0 Å². The second-order valence-corrected chi connectivity index (χ2v) is 3.79. The Morgan fingerprint density at radius 3 is 2.71 bits per heavy atom. The van der Waals surface area contributed by atoms with Crippen LogP contribution in [0.5, 0.6) is 0 Å². The average molecular weight is 187 g/mol. The summed E-state index contributed by atoms with van der Waals surface area (Å²) in [4.78, 5) is 2.47. The molecule has 0 N–H and O–H groups in total. The molecule has 0 unspecified atom stereocenters. The van der Waals surface area contributed by atoms with E-state index >= 15 is 0 Å². The third-order valence-corrected chi connectivity index (χ3v) is 2.70. The third-order valence-electron chi connectivity index (χ3n) is 2.70. The molecule has 1 saturated heterocycles. The zero-order valence-corrected chi connectivity index (χ0v) is 8.74. The van der Waals surface area contributed by atoms with Crippen LogP contribution >= 0.6 is 0 Å². The summed E-state index contributed by atoms with van der Waals surface area (Å²) in [7, 11) is 0. The van der Waals surface area contributed by atoms with Crippen molar-refractivity contribution in [1.29, 1.82) is 0 Å². The molecule has 0 bridgehead atoms. The fourth-order valence-corrected chi connectivity index (χ4v) is 1.99. The fourth-order valence-electron chi connectivity index (χ4n) is 1.99. The lowest BCUT2D eigenvalue weighted by atomic mass is 10.2. The Hall–Kier alpha value is -1.24. The van der Waals surface area contributed by atoms with Gasteiger partial charge in [0.15, 0.2) is 0 Å². The molecule has 1 aromatic rings. The van der Waals surface area contributed by atoms with Crippen LogP contribution < -0.4 is 4.90 Å². The Morgan fingerprint density at radius 1 is 1.21 bits per heavy atom. The monoisotopic (exact) mass is 187 g/mol. The van der Waals surface area contributed by atoms with Gasteiger partial charge in [-0.05, 0) is 37.5 Å². The number of allylic oxidation sites excluding steroid dienone is 1. The molecule has 0 aliphatic carbocycles. The molecule has 1 aromatic carbocycles. The predicted molar refractivity (Wildman–Crippen MR) is 62.6 cm³/mol. The number of hydrogen-bond donors (Lipinski definition) is 0. The highest BCUT2D eigenvalue weighted by Gasteiger charge is 2.11. The first kappa shape index (κ1) is 9.32. The number of rotatable bonds is 2. The predicted octanol–water partition coefficient (Wildman–Crippen LogP) is 3.32. The summed E-state index contributed by atoms with van der Waals surface area (Å²) >= 11 is 0. The summed E-state index contributed by atoms with van der Waals surface area (Å²) in [5.74, 6) is 0. The molecule has 0 radical (unpaired) electrons. The number of benzene rings is 1. The van der Waals surface area contributed by atoms with E-state index in [2.05, 4.69) is 48.2 Å². The van der Waals surface area contributed by atoms with Gasteiger partial charge in [0.05, 0.1) is 0 Å². The zero-order chi connectivity index (χ0) is 9.80. The van der Waals surface area contributed by atoms with Gasteiger partial charge in [0.25, 0.3) is 0 Å². The number of nitrogens with zero attached hydrogens (tertiary/aromatic N) is 1. The standard InChI is InChI=1S/C13H17N/c1-2-6-12-7-5-8-13(11-12)14-9-3-4-10-14/h2,5-8,11H,3-4,9-10H2,1H3/b6-2+. The molecule has 0 spiro atoms. The maximum Gasteiger partial charge on any atom is 0.0372 e. The lowest BCUT2D eigenvalue weighted by Gasteiger charge is -2.17. The van der Waals surface area contributed by atoms with E-state index in [0.29, 0.717) is 0 Å². The summed E-state index contributed by atoms with van der Waals surface area (Å²) in [5, 5.41) is 0. The molecular formula is C13H17N. The first-order valence-electron chi connectivity index (χ1n) is 5.38. The maximum absolute atomic E-state index is 2.47. The maximum atomic E-state index is 2.47. The van der Waals surface area contributed by atoms with Gasteiger partial charge in [-0.25, -0.2) is 0 Å². The van der Waals surface area contributed by atoms with Crippen molar-refractivity contribution < 1.29 is 0 Å². The number of hydrogen-bond acceptors (Lipinski definition) is 1. The van der Waals surface area contributed by atoms with Gasteiger partial charge in [0.1, 0.15) is 0 Å². The third kappa shape index (κ3) is 1.98. The van der Waals surface area contributed by atoms with E-state index in [0.717, 1.165) is 0 Å². The van der Waals surface area contributed by atoms with Crippen LogP contribution in [0.4, 0.5) is 5.69 Å². The summed E-state index contributed by atoms with van der Waals surface area (Å²) < 4.78 is 0. The van der Waals surface area contributed by atoms with E-state index in [4.69, 9.17) is 0 Å². The van der Waals surface area contributed by atoms with Gasteiger partial charge in [-0.2, -0.15) is 0 Å². The van der Waals surface area contributed by atoms with Gasteiger partial charge in [-0.15, -0.1) is 0 Å². The van der Waals surface area contributed by atoms with Gasteiger partial charge in [0.2, 0.25) is 0 Å². The highest BCUT2D eigenvalue weighted by atomic mass is 15.1. The Balaban J connectivity index is 2.20. The molecule has 0 saturated carbocycles. The van der Waals surface area contributed by atoms with Crippen molar-refractivity contribution in [2.24, 2.45) is 0 Å². The SMILES string of the molecule is C/C=C/c1cccc(N2CCCC2)c1. The summed E-state index contributed by atoms with van der Waals surface area (Å²) in [6.45, 7) is 4.50. The molecule has 14 heavy (non-hydrogen) atoms. The topological polar surface area (TPSA) is 3.24 Å². The highest BCUT2D eigenvalue weighted by Crippen LogP contribution is 2.21. The van der Waals surface area contributed by atoms with Crippen molar-refractivity contribution >= 4 is 11.8 Å². The van der Waals surface area contributed by atoms with E-state index in [1.54, 1.807) is 0 Å². The molecule has 0 atom stereocenters. The van der Waals surface area contributed by atoms with Crippen molar-refractivity contribution in [3.05, 3.63) is 35.9 Å². The molecule has 1 fully saturated rings. The molecular weight excluding hydrogens is 170 g/mol. The lowest BCUT2D eigenvalue weighted by molar-refractivity contribution is 0.949. The second kappa shape index (κ2) is 4.32. The van der Waals surface area contributed by atoms with Crippen LogP contribution in [0.3, 0.4) is 0 Å². The summed E-state index contributed by atoms with van der Waals surface area (Å²) in [6, 6.07) is 8.77. The molecule has 1 aliphatic rings. The minimum absolute atomic E-state index is 1.22. The van der Waals surface area contributed by atoms with E-state index in [1.165, 1.54) is 37.2 Å². The van der Waals surface area contributed by atoms with Gasteiger partial charge in [-0.3, -0.25) is 0 Å². The Bertz CT molecular complexity index is 322. The molecule has 2 rings (SSSR count). The second-order valence-electron chi connectivity index (χ2n) is 3.79. The minimum atomic E-state index is 1.22. The Kier molecular flexibility index (Phi) is 2.87. The Labute approximate surface area is 86.1 Å². The fraction of sp³-hybridized carbons (Fsp3) is 0.385. The van der Waals surface area contributed by atoms with Crippen molar-refractivity contribution in [3.8, 4) is 0 Å². The molecule has 1 heterocycles. The van der Waals surface area contributed by atoms with Crippen molar-refractivity contribution in [1.82, 2.24) is 0 Å². The molecule has 1 nitrogen and oxygen atoms in total. The van der Waals surface area contributed by atoms with E-state index in [9.17, 15) is 0 Å². The minimum Gasteiger partial charge on any atom is -0.372 e. The molecule has 1 heteroatoms. The first-order chi connectivity index (χ1) is 6.90. The van der Waals surface area contributed by atoms with Crippen molar-refractivity contribution in [2.45, 2.75) is 19.8 Å². The van der Waals surface area contributed by atoms with Crippen LogP contribution in [0.25, 0.3) is 6.08 Å². The van der Waals surface area contributed by atoms with Crippen LogP contribution in [0.1, 0.15) is 25.3 Å². The Morgan fingerprint density at radius 2 is 2.00 bits per heavy atom. The van der Waals surface area contributed by atoms with Crippen molar-refractivity contribution in [3.63, 3.8) is 0 Å². The first-order valence-corrected chi connectivity index (χ1v) is 5.38. The number of anilines is 1. The van der Waals surface area contributed by atoms with Gasteiger partial charge in [0, 0.05) is 18.8 Å². The average Bonchev–Trinajstić information content (AvgIpc) is 2.71. The smallest absolute Gasteiger partial charge is 0.0372 e.